The van der Waals surface area contributed by atoms with Gasteiger partial charge in [0, 0.05) is 6.54 Å². The van der Waals surface area contributed by atoms with Crippen molar-refractivity contribution in [1.29, 1.82) is 0 Å². The summed E-state index contributed by atoms with van der Waals surface area (Å²) in [4.78, 5) is 11.5. The Hall–Kier alpha value is -1.68. The topological polar surface area (TPSA) is 42.0 Å². The van der Waals surface area contributed by atoms with Gasteiger partial charge in [0.1, 0.15) is 5.00 Å². The summed E-state index contributed by atoms with van der Waals surface area (Å²) in [5, 5.41) is 4.18. The molecule has 1 aromatic heterocycles. The summed E-state index contributed by atoms with van der Waals surface area (Å²) in [6, 6.07) is 10.3. The van der Waals surface area contributed by atoms with Crippen LogP contribution in [0.25, 0.3) is 0 Å². The van der Waals surface area contributed by atoms with Crippen molar-refractivity contribution in [3.8, 4) is 0 Å². The highest BCUT2D eigenvalue weighted by Gasteiger charge is 2.13. The van der Waals surface area contributed by atoms with E-state index >= 15 is 0 Å². The fourth-order valence-electron chi connectivity index (χ4n) is 1.87. The van der Waals surface area contributed by atoms with E-state index in [2.05, 4.69) is 21.8 Å². The number of anilines is 1. The number of ketones is 1. The van der Waals surface area contributed by atoms with E-state index < -0.39 is 0 Å². The van der Waals surface area contributed by atoms with Crippen LogP contribution in [0.3, 0.4) is 0 Å². The Balaban J connectivity index is 1.97. The van der Waals surface area contributed by atoms with Crippen molar-refractivity contribution in [3.63, 3.8) is 0 Å². The molecule has 1 aromatic carbocycles. The summed E-state index contributed by atoms with van der Waals surface area (Å²) in [6.07, 6.45) is 0.940. The maximum atomic E-state index is 11.5. The molecule has 18 heavy (non-hydrogen) atoms. The molecule has 0 amide bonds. The number of hydrogen-bond acceptors (Lipinski definition) is 4. The third-order valence-electron chi connectivity index (χ3n) is 2.76. The monoisotopic (exact) mass is 260 g/mol. The molecule has 0 unspecified atom stereocenters. The van der Waals surface area contributed by atoms with Gasteiger partial charge in [-0.1, -0.05) is 30.3 Å². The molecule has 0 saturated heterocycles. The predicted molar refractivity (Wildman–Crippen MR) is 75.5 cm³/mol. The second kappa shape index (κ2) is 5.78. The smallest absolute Gasteiger partial charge is 0.164 e. The second-order valence-electron chi connectivity index (χ2n) is 4.19. The summed E-state index contributed by atoms with van der Waals surface area (Å²) in [7, 11) is 0. The lowest BCUT2D eigenvalue weighted by atomic mass is 10.1. The van der Waals surface area contributed by atoms with Gasteiger partial charge in [-0.2, -0.15) is 4.37 Å². The molecule has 1 N–H and O–H groups in total. The maximum absolute atomic E-state index is 11.5. The first kappa shape index (κ1) is 12.8. The van der Waals surface area contributed by atoms with Gasteiger partial charge in [-0.3, -0.25) is 4.79 Å². The Bertz CT molecular complexity index is 534. The Morgan fingerprint density at radius 3 is 2.72 bits per heavy atom. The first-order valence-corrected chi connectivity index (χ1v) is 6.71. The molecule has 0 saturated carbocycles. The number of aryl methyl sites for hydroxylation is 1. The van der Waals surface area contributed by atoms with E-state index in [4.69, 9.17) is 0 Å². The number of nitrogens with one attached hydrogen (secondary N) is 1. The predicted octanol–water partition coefficient (Wildman–Crippen LogP) is 3.31. The number of benzene rings is 1. The van der Waals surface area contributed by atoms with Crippen molar-refractivity contribution in [3.05, 3.63) is 47.2 Å². The lowest BCUT2D eigenvalue weighted by molar-refractivity contribution is 0.101. The van der Waals surface area contributed by atoms with Gasteiger partial charge >= 0.3 is 0 Å². The normalized spacial score (nSPS) is 10.3. The van der Waals surface area contributed by atoms with Crippen LogP contribution in [0.4, 0.5) is 5.00 Å². The highest BCUT2D eigenvalue weighted by molar-refractivity contribution is 7.10. The van der Waals surface area contributed by atoms with E-state index in [0.717, 1.165) is 29.2 Å². The third kappa shape index (κ3) is 2.96. The van der Waals surface area contributed by atoms with E-state index in [9.17, 15) is 4.79 Å². The zero-order valence-corrected chi connectivity index (χ0v) is 11.4. The van der Waals surface area contributed by atoms with E-state index in [0.29, 0.717) is 0 Å². The molecule has 0 radical (unpaired) electrons. The van der Waals surface area contributed by atoms with Crippen LogP contribution in [0.1, 0.15) is 28.5 Å². The minimum Gasteiger partial charge on any atom is -0.375 e. The number of nitrogens with zero attached hydrogens (tertiary/aromatic N) is 1. The molecule has 0 fully saturated rings. The summed E-state index contributed by atoms with van der Waals surface area (Å²) >= 11 is 1.36. The van der Waals surface area contributed by atoms with Gasteiger partial charge in [-0.15, -0.1) is 0 Å². The first-order valence-electron chi connectivity index (χ1n) is 5.93. The molecule has 0 atom stereocenters. The molecule has 2 rings (SSSR count). The zero-order chi connectivity index (χ0) is 13.0. The Morgan fingerprint density at radius 1 is 1.33 bits per heavy atom. The Kier molecular flexibility index (Phi) is 4.10. The van der Waals surface area contributed by atoms with Crippen LogP contribution < -0.4 is 5.32 Å². The number of Topliss-reactive ketones (excluding diaryl/α,β-unsaturated/α-hetero) is 1. The van der Waals surface area contributed by atoms with Gasteiger partial charge in [0.15, 0.2) is 5.78 Å². The van der Waals surface area contributed by atoms with Crippen molar-refractivity contribution < 1.29 is 4.79 Å². The minimum absolute atomic E-state index is 0.0726. The summed E-state index contributed by atoms with van der Waals surface area (Å²) < 4.78 is 4.22. The molecule has 0 aliphatic rings. The zero-order valence-electron chi connectivity index (χ0n) is 10.6. The van der Waals surface area contributed by atoms with Crippen molar-refractivity contribution in [2.75, 3.05) is 11.9 Å². The fraction of sp³-hybridized carbons (Fsp3) is 0.286. The van der Waals surface area contributed by atoms with Crippen LogP contribution in [0.2, 0.25) is 0 Å². The molecule has 0 spiro atoms. The van der Waals surface area contributed by atoms with Crippen LogP contribution in [-0.4, -0.2) is 16.7 Å². The van der Waals surface area contributed by atoms with Crippen molar-refractivity contribution in [2.45, 2.75) is 20.3 Å². The van der Waals surface area contributed by atoms with Gasteiger partial charge in [0.25, 0.3) is 0 Å². The van der Waals surface area contributed by atoms with E-state index in [-0.39, 0.29) is 5.78 Å². The fourth-order valence-corrected chi connectivity index (χ4v) is 2.74. The maximum Gasteiger partial charge on any atom is 0.164 e. The van der Waals surface area contributed by atoms with Crippen LogP contribution in [-0.2, 0) is 6.42 Å². The molecular formula is C14H16N2OS. The van der Waals surface area contributed by atoms with Crippen molar-refractivity contribution in [2.24, 2.45) is 0 Å². The highest BCUT2D eigenvalue weighted by atomic mass is 32.1. The Labute approximate surface area is 111 Å². The average molecular weight is 260 g/mol. The van der Waals surface area contributed by atoms with E-state index in [1.807, 2.05) is 25.1 Å². The Morgan fingerprint density at radius 2 is 2.06 bits per heavy atom. The quantitative estimate of drug-likeness (QED) is 0.839. The number of carbonyl (C=O) groups excluding carboxylic acids is 1. The lowest BCUT2D eigenvalue weighted by Gasteiger charge is -2.05. The van der Waals surface area contributed by atoms with Gasteiger partial charge in [0.05, 0.1) is 11.3 Å². The highest BCUT2D eigenvalue weighted by Crippen LogP contribution is 2.24. The third-order valence-corrected chi connectivity index (χ3v) is 3.65. The van der Waals surface area contributed by atoms with Gasteiger partial charge in [-0.05, 0) is 37.4 Å². The van der Waals surface area contributed by atoms with Gasteiger partial charge in [0.2, 0.25) is 0 Å². The van der Waals surface area contributed by atoms with Crippen molar-refractivity contribution >= 4 is 22.3 Å². The van der Waals surface area contributed by atoms with Crippen LogP contribution >= 0.6 is 11.5 Å². The second-order valence-corrected chi connectivity index (χ2v) is 4.96. The molecule has 4 heteroatoms. The molecule has 3 nitrogen and oxygen atoms in total. The van der Waals surface area contributed by atoms with Gasteiger partial charge < -0.3 is 5.32 Å². The minimum atomic E-state index is 0.0726. The summed E-state index contributed by atoms with van der Waals surface area (Å²) in [6.45, 7) is 4.26. The van der Waals surface area contributed by atoms with E-state index in [1.54, 1.807) is 6.92 Å². The number of aromatic nitrogens is 1. The number of rotatable bonds is 5. The molecule has 2 aromatic rings. The molecule has 0 aliphatic carbocycles. The summed E-state index contributed by atoms with van der Waals surface area (Å²) in [5.74, 6) is 0.0726. The standard InChI is InChI=1S/C14H16N2OS/c1-10-13(11(2)17)14(18-16-10)15-9-8-12-6-4-3-5-7-12/h3-7,15H,8-9H2,1-2H3. The SMILES string of the molecule is CC(=O)c1c(C)nsc1NCCc1ccccc1. The first-order chi connectivity index (χ1) is 8.68. The van der Waals surface area contributed by atoms with Crippen molar-refractivity contribution in [1.82, 2.24) is 4.37 Å². The molecule has 1 heterocycles. The molecular weight excluding hydrogens is 244 g/mol. The van der Waals surface area contributed by atoms with Gasteiger partial charge in [-0.25, -0.2) is 0 Å². The summed E-state index contributed by atoms with van der Waals surface area (Å²) in [5.41, 5.74) is 2.83. The molecule has 0 aliphatic heterocycles. The molecule has 94 valence electrons. The van der Waals surface area contributed by atoms with E-state index in [1.165, 1.54) is 17.1 Å². The van der Waals surface area contributed by atoms with Crippen LogP contribution in [0, 0.1) is 6.92 Å². The largest absolute Gasteiger partial charge is 0.375 e. The number of hydrogen-bond donors (Lipinski definition) is 1. The molecule has 0 bridgehead atoms. The van der Waals surface area contributed by atoms with Crippen LogP contribution in [0.5, 0.6) is 0 Å². The average Bonchev–Trinajstić information content (AvgIpc) is 2.72. The lowest BCUT2D eigenvalue weighted by Crippen LogP contribution is -2.07. The van der Waals surface area contributed by atoms with Crippen LogP contribution in [0.15, 0.2) is 30.3 Å². The number of carbonyl (C=O) groups is 1.